The Bertz CT molecular complexity index is 1200. The number of rotatable bonds is 5. The van der Waals surface area contributed by atoms with Crippen molar-refractivity contribution in [2.75, 3.05) is 25.0 Å². The number of hydrogen-bond acceptors (Lipinski definition) is 4. The first-order valence-electron chi connectivity index (χ1n) is 11.7. The molecular formula is C25H28F2N4O3. The normalized spacial score (nSPS) is 19.1. The highest BCUT2D eigenvalue weighted by molar-refractivity contribution is 5.70. The number of imidazole rings is 1. The summed E-state index contributed by atoms with van der Waals surface area (Å²) in [5.74, 6) is -1.36. The van der Waals surface area contributed by atoms with Gasteiger partial charge in [-0.2, -0.15) is 0 Å². The lowest BCUT2D eigenvalue weighted by Gasteiger charge is -2.31. The molecule has 1 amide bonds. The number of hydrogen-bond donors (Lipinski definition) is 2. The van der Waals surface area contributed by atoms with Crippen molar-refractivity contribution in [2.24, 2.45) is 0 Å². The summed E-state index contributed by atoms with van der Waals surface area (Å²) in [4.78, 5) is 17.3. The molecule has 3 aromatic rings. The molecule has 0 spiro atoms. The molecule has 9 heteroatoms. The van der Waals surface area contributed by atoms with E-state index < -0.39 is 23.8 Å². The molecule has 180 valence electrons. The predicted molar refractivity (Wildman–Crippen MR) is 124 cm³/mol. The predicted octanol–water partition coefficient (Wildman–Crippen LogP) is 4.86. The highest BCUT2D eigenvalue weighted by atomic mass is 19.1. The fraction of sp³-hybridized carbons (Fsp3) is 0.440. The minimum atomic E-state index is -1.01. The van der Waals surface area contributed by atoms with Crippen LogP contribution in [0, 0.1) is 18.6 Å². The van der Waals surface area contributed by atoms with Gasteiger partial charge < -0.3 is 24.5 Å². The Hall–Kier alpha value is -3.20. The number of carbonyl (C=O) groups is 1. The summed E-state index contributed by atoms with van der Waals surface area (Å²) in [7, 11) is 0. The van der Waals surface area contributed by atoms with E-state index in [-0.39, 0.29) is 36.9 Å². The Balaban J connectivity index is 1.53. The van der Waals surface area contributed by atoms with Gasteiger partial charge in [-0.3, -0.25) is 0 Å². The van der Waals surface area contributed by atoms with Crippen molar-refractivity contribution in [2.45, 2.75) is 51.2 Å². The van der Waals surface area contributed by atoms with Crippen LogP contribution < -0.4 is 5.32 Å². The number of pyridine rings is 1. The summed E-state index contributed by atoms with van der Waals surface area (Å²) in [5.41, 5.74) is 2.59. The van der Waals surface area contributed by atoms with E-state index in [0.29, 0.717) is 23.6 Å². The molecule has 1 saturated heterocycles. The topological polar surface area (TPSA) is 79.1 Å². The number of halogens is 2. The highest BCUT2D eigenvalue weighted by Gasteiger charge is 2.29. The Labute approximate surface area is 196 Å². The van der Waals surface area contributed by atoms with Gasteiger partial charge in [0.05, 0.1) is 36.2 Å². The molecule has 1 saturated carbocycles. The van der Waals surface area contributed by atoms with Gasteiger partial charge in [-0.05, 0) is 49.6 Å². The van der Waals surface area contributed by atoms with Crippen LogP contribution in [0.2, 0.25) is 0 Å². The number of amides is 1. The molecule has 34 heavy (non-hydrogen) atoms. The first-order chi connectivity index (χ1) is 16.4. The van der Waals surface area contributed by atoms with Gasteiger partial charge in [0.2, 0.25) is 0 Å². The number of nitrogens with one attached hydrogen (secondary N) is 1. The zero-order chi connectivity index (χ0) is 23.8. The van der Waals surface area contributed by atoms with Crippen LogP contribution in [0.15, 0.2) is 30.5 Å². The Morgan fingerprint density at radius 3 is 2.68 bits per heavy atom. The van der Waals surface area contributed by atoms with Crippen molar-refractivity contribution in [3.63, 3.8) is 0 Å². The Morgan fingerprint density at radius 2 is 1.97 bits per heavy atom. The smallest absolute Gasteiger partial charge is 0.407 e. The number of nitrogens with zero attached hydrogens (tertiary/aromatic N) is 3. The lowest BCUT2D eigenvalue weighted by molar-refractivity contribution is -0.0214. The first-order valence-corrected chi connectivity index (χ1v) is 11.7. The zero-order valence-electron chi connectivity index (χ0n) is 19.1. The lowest BCUT2D eigenvalue weighted by atomic mass is 10.0. The van der Waals surface area contributed by atoms with Crippen molar-refractivity contribution in [1.82, 2.24) is 14.3 Å². The summed E-state index contributed by atoms with van der Waals surface area (Å²) in [6.07, 6.45) is 4.86. The largest absolute Gasteiger partial charge is 0.465 e. The summed E-state index contributed by atoms with van der Waals surface area (Å²) in [6.45, 7) is 2.67. The fourth-order valence-corrected chi connectivity index (χ4v) is 5.01. The van der Waals surface area contributed by atoms with E-state index in [1.807, 2.05) is 25.3 Å². The van der Waals surface area contributed by atoms with Crippen molar-refractivity contribution >= 4 is 17.4 Å². The molecule has 2 aromatic heterocycles. The number of carboxylic acid groups (broad SMARTS) is 1. The molecular weight excluding hydrogens is 442 g/mol. The summed E-state index contributed by atoms with van der Waals surface area (Å²) >= 11 is 0. The SMILES string of the molecule is Cc1ccn2c(CC3CN(C(=O)O)CCO3)c(-c3c(F)cc(NC4CCCC4)cc3F)nc2c1. The van der Waals surface area contributed by atoms with E-state index in [2.05, 4.69) is 10.3 Å². The second-order valence-electron chi connectivity index (χ2n) is 9.21. The summed E-state index contributed by atoms with van der Waals surface area (Å²) in [6, 6.07) is 6.65. The van der Waals surface area contributed by atoms with Crippen LogP contribution in [0.3, 0.4) is 0 Å². The molecule has 1 aromatic carbocycles. The van der Waals surface area contributed by atoms with Crippen LogP contribution in [0.4, 0.5) is 19.3 Å². The van der Waals surface area contributed by atoms with Gasteiger partial charge in [0.15, 0.2) is 0 Å². The van der Waals surface area contributed by atoms with E-state index in [4.69, 9.17) is 4.74 Å². The molecule has 7 nitrogen and oxygen atoms in total. The van der Waals surface area contributed by atoms with Crippen LogP contribution in [-0.4, -0.2) is 57.3 Å². The Kier molecular flexibility index (Phi) is 6.12. The molecule has 1 unspecified atom stereocenters. The number of aryl methyl sites for hydroxylation is 1. The number of morpholine rings is 1. The number of ether oxygens (including phenoxy) is 1. The van der Waals surface area contributed by atoms with Gasteiger partial charge in [0, 0.05) is 30.9 Å². The molecule has 1 aliphatic heterocycles. The minimum Gasteiger partial charge on any atom is -0.465 e. The van der Waals surface area contributed by atoms with Gasteiger partial charge in [-0.1, -0.05) is 12.8 Å². The quantitative estimate of drug-likeness (QED) is 0.557. The maximum Gasteiger partial charge on any atom is 0.407 e. The van der Waals surface area contributed by atoms with E-state index in [1.165, 1.54) is 17.0 Å². The van der Waals surface area contributed by atoms with Crippen LogP contribution in [0.1, 0.15) is 36.9 Å². The van der Waals surface area contributed by atoms with Gasteiger partial charge in [0.25, 0.3) is 0 Å². The third kappa shape index (κ3) is 4.44. The molecule has 2 fully saturated rings. The standard InChI is InChI=1S/C25H28F2N4O3/c1-15-6-7-31-21(13-18-14-30(25(32)33)8-9-34-18)24(29-22(31)10-15)23-19(26)11-17(12-20(23)27)28-16-4-2-3-5-16/h6-7,10-12,16,18,28H,2-5,8-9,13-14H2,1H3,(H,32,33). The van der Waals surface area contributed by atoms with E-state index in [0.717, 1.165) is 31.2 Å². The van der Waals surface area contributed by atoms with Gasteiger partial charge in [0.1, 0.15) is 17.3 Å². The molecule has 2 N–H and O–H groups in total. The Morgan fingerprint density at radius 1 is 1.24 bits per heavy atom. The molecule has 5 rings (SSSR count). The maximum absolute atomic E-state index is 15.4. The molecule has 0 bridgehead atoms. The number of fused-ring (bicyclic) bond motifs is 1. The first kappa shape index (κ1) is 22.6. The van der Waals surface area contributed by atoms with Crippen molar-refractivity contribution in [3.05, 3.63) is 53.4 Å². The lowest BCUT2D eigenvalue weighted by Crippen LogP contribution is -2.45. The van der Waals surface area contributed by atoms with Gasteiger partial charge in [-0.25, -0.2) is 18.6 Å². The molecule has 1 aliphatic carbocycles. The third-order valence-corrected chi connectivity index (χ3v) is 6.72. The summed E-state index contributed by atoms with van der Waals surface area (Å²) < 4.78 is 38.3. The molecule has 1 atom stereocenters. The van der Waals surface area contributed by atoms with Gasteiger partial charge in [-0.15, -0.1) is 0 Å². The van der Waals surface area contributed by atoms with E-state index in [1.54, 1.807) is 4.40 Å². The number of benzene rings is 1. The number of anilines is 1. The second kappa shape index (κ2) is 9.21. The summed E-state index contributed by atoms with van der Waals surface area (Å²) in [5, 5.41) is 12.6. The van der Waals surface area contributed by atoms with E-state index in [9.17, 15) is 9.90 Å². The van der Waals surface area contributed by atoms with Crippen LogP contribution in [0.5, 0.6) is 0 Å². The molecule has 2 aliphatic rings. The molecule has 0 radical (unpaired) electrons. The van der Waals surface area contributed by atoms with Crippen LogP contribution in [0.25, 0.3) is 16.9 Å². The van der Waals surface area contributed by atoms with Crippen LogP contribution in [-0.2, 0) is 11.2 Å². The second-order valence-corrected chi connectivity index (χ2v) is 9.21. The van der Waals surface area contributed by atoms with Crippen molar-refractivity contribution < 1.29 is 23.4 Å². The third-order valence-electron chi connectivity index (χ3n) is 6.72. The van der Waals surface area contributed by atoms with Crippen LogP contribution >= 0.6 is 0 Å². The van der Waals surface area contributed by atoms with Gasteiger partial charge >= 0.3 is 6.09 Å². The fourth-order valence-electron chi connectivity index (χ4n) is 5.01. The highest BCUT2D eigenvalue weighted by Crippen LogP contribution is 2.34. The van der Waals surface area contributed by atoms with Crippen molar-refractivity contribution in [3.8, 4) is 11.3 Å². The molecule has 3 heterocycles. The maximum atomic E-state index is 15.4. The average molecular weight is 471 g/mol. The van der Waals surface area contributed by atoms with Crippen molar-refractivity contribution in [1.29, 1.82) is 0 Å². The minimum absolute atomic E-state index is 0.181. The number of aromatic nitrogens is 2. The van der Waals surface area contributed by atoms with E-state index >= 15 is 8.78 Å². The zero-order valence-corrected chi connectivity index (χ0v) is 19.1. The monoisotopic (exact) mass is 470 g/mol. The average Bonchev–Trinajstić information content (AvgIpc) is 3.41.